The molecular weight excluding hydrogens is 254 g/mol. The molecule has 1 unspecified atom stereocenters. The lowest BCUT2D eigenvalue weighted by Crippen LogP contribution is -2.20. The average molecular weight is 272 g/mol. The summed E-state index contributed by atoms with van der Waals surface area (Å²) in [7, 11) is 1.67. The standard InChI is InChI=1S/C12H18BrNO/c1-9(13)6-12(2,3)10-5-11(15-4)8-14-7-10/h5,7-9H,6H2,1-4H3. The minimum atomic E-state index is 0.116. The SMILES string of the molecule is COc1cncc(C(C)(C)CC(C)Br)c1. The van der Waals surface area contributed by atoms with Crippen LogP contribution in [0.2, 0.25) is 0 Å². The number of alkyl halides is 1. The summed E-state index contributed by atoms with van der Waals surface area (Å²) >= 11 is 3.59. The van der Waals surface area contributed by atoms with E-state index in [2.05, 4.69) is 47.8 Å². The van der Waals surface area contributed by atoms with Gasteiger partial charge in [-0.05, 0) is 23.5 Å². The molecule has 0 bridgehead atoms. The van der Waals surface area contributed by atoms with Crippen molar-refractivity contribution in [1.82, 2.24) is 4.98 Å². The fraction of sp³-hybridized carbons (Fsp3) is 0.583. The van der Waals surface area contributed by atoms with Crippen LogP contribution >= 0.6 is 15.9 Å². The lowest BCUT2D eigenvalue weighted by Gasteiger charge is -2.26. The molecule has 0 aliphatic rings. The van der Waals surface area contributed by atoms with Gasteiger partial charge in [-0.25, -0.2) is 0 Å². The van der Waals surface area contributed by atoms with Crippen LogP contribution in [-0.4, -0.2) is 16.9 Å². The van der Waals surface area contributed by atoms with E-state index in [1.54, 1.807) is 13.3 Å². The van der Waals surface area contributed by atoms with Crippen LogP contribution in [0, 0.1) is 0 Å². The maximum atomic E-state index is 5.18. The third kappa shape index (κ3) is 3.49. The molecule has 0 aliphatic heterocycles. The highest BCUT2D eigenvalue weighted by Gasteiger charge is 2.23. The van der Waals surface area contributed by atoms with E-state index in [-0.39, 0.29) is 5.41 Å². The highest BCUT2D eigenvalue weighted by Crippen LogP contribution is 2.31. The molecule has 1 rings (SSSR count). The van der Waals surface area contributed by atoms with E-state index in [1.807, 2.05) is 6.20 Å². The maximum Gasteiger partial charge on any atom is 0.137 e. The van der Waals surface area contributed by atoms with Crippen LogP contribution in [0.1, 0.15) is 32.8 Å². The summed E-state index contributed by atoms with van der Waals surface area (Å²) in [6.45, 7) is 6.61. The Balaban J connectivity index is 2.93. The number of nitrogens with zero attached hydrogens (tertiary/aromatic N) is 1. The van der Waals surface area contributed by atoms with Gasteiger partial charge in [-0.2, -0.15) is 0 Å². The van der Waals surface area contributed by atoms with Crippen molar-refractivity contribution in [1.29, 1.82) is 0 Å². The van der Waals surface area contributed by atoms with Crippen molar-refractivity contribution in [2.45, 2.75) is 37.4 Å². The van der Waals surface area contributed by atoms with Gasteiger partial charge in [-0.15, -0.1) is 0 Å². The molecule has 0 amide bonds. The topological polar surface area (TPSA) is 22.1 Å². The minimum Gasteiger partial charge on any atom is -0.495 e. The predicted molar refractivity (Wildman–Crippen MR) is 66.8 cm³/mol. The normalized spacial score (nSPS) is 13.7. The van der Waals surface area contributed by atoms with Crippen LogP contribution in [0.25, 0.3) is 0 Å². The van der Waals surface area contributed by atoms with Gasteiger partial charge < -0.3 is 4.74 Å². The van der Waals surface area contributed by atoms with Gasteiger partial charge in [-0.3, -0.25) is 4.98 Å². The van der Waals surface area contributed by atoms with Gasteiger partial charge in [0.2, 0.25) is 0 Å². The van der Waals surface area contributed by atoms with Gasteiger partial charge in [0.05, 0.1) is 13.3 Å². The first-order valence-electron chi connectivity index (χ1n) is 5.09. The Hall–Kier alpha value is -0.570. The van der Waals surface area contributed by atoms with Gasteiger partial charge in [0, 0.05) is 11.0 Å². The number of aromatic nitrogens is 1. The lowest BCUT2D eigenvalue weighted by molar-refractivity contribution is 0.408. The predicted octanol–water partition coefficient (Wildman–Crippen LogP) is 3.54. The second-order valence-corrected chi connectivity index (χ2v) is 6.05. The molecule has 1 atom stereocenters. The van der Waals surface area contributed by atoms with Crippen LogP contribution in [0.15, 0.2) is 18.5 Å². The number of hydrogen-bond donors (Lipinski definition) is 0. The van der Waals surface area contributed by atoms with E-state index in [0.29, 0.717) is 4.83 Å². The van der Waals surface area contributed by atoms with Crippen LogP contribution in [0.3, 0.4) is 0 Å². The first kappa shape index (κ1) is 12.5. The van der Waals surface area contributed by atoms with Crippen LogP contribution in [0.4, 0.5) is 0 Å². The van der Waals surface area contributed by atoms with E-state index in [1.165, 1.54) is 5.56 Å². The highest BCUT2D eigenvalue weighted by atomic mass is 79.9. The lowest BCUT2D eigenvalue weighted by atomic mass is 9.81. The summed E-state index contributed by atoms with van der Waals surface area (Å²) in [5.74, 6) is 0.822. The molecule has 0 aromatic carbocycles. The first-order valence-corrected chi connectivity index (χ1v) is 6.01. The molecule has 0 radical (unpaired) electrons. The molecule has 15 heavy (non-hydrogen) atoms. The van der Waals surface area contributed by atoms with Crippen LogP contribution < -0.4 is 4.74 Å². The van der Waals surface area contributed by atoms with Gasteiger partial charge in [-0.1, -0.05) is 36.7 Å². The molecule has 84 valence electrons. The fourth-order valence-corrected chi connectivity index (χ4v) is 2.53. The molecule has 0 saturated heterocycles. The van der Waals surface area contributed by atoms with Crippen molar-refractivity contribution in [3.63, 3.8) is 0 Å². The van der Waals surface area contributed by atoms with Crippen molar-refractivity contribution >= 4 is 15.9 Å². The third-order valence-electron chi connectivity index (χ3n) is 2.52. The van der Waals surface area contributed by atoms with E-state index < -0.39 is 0 Å². The Labute approximate surface area is 100 Å². The van der Waals surface area contributed by atoms with Gasteiger partial charge in [0.1, 0.15) is 5.75 Å². The molecule has 3 heteroatoms. The molecule has 0 spiro atoms. The number of pyridine rings is 1. The Morgan fingerprint density at radius 2 is 2.13 bits per heavy atom. The molecule has 0 fully saturated rings. The first-order chi connectivity index (χ1) is 6.95. The van der Waals surface area contributed by atoms with Gasteiger partial charge >= 0.3 is 0 Å². The zero-order valence-corrected chi connectivity index (χ0v) is 11.3. The smallest absolute Gasteiger partial charge is 0.137 e. The van der Waals surface area contributed by atoms with Crippen molar-refractivity contribution < 1.29 is 4.74 Å². The zero-order valence-electron chi connectivity index (χ0n) is 9.75. The Morgan fingerprint density at radius 3 is 2.67 bits per heavy atom. The van der Waals surface area contributed by atoms with Crippen LogP contribution in [0.5, 0.6) is 5.75 Å². The van der Waals surface area contributed by atoms with Crippen LogP contribution in [-0.2, 0) is 5.41 Å². The summed E-state index contributed by atoms with van der Waals surface area (Å²) in [6.07, 6.45) is 4.72. The molecule has 1 heterocycles. The number of ether oxygens (including phenoxy) is 1. The monoisotopic (exact) mass is 271 g/mol. The number of methoxy groups -OCH3 is 1. The Bertz CT molecular complexity index is 323. The molecule has 0 saturated carbocycles. The Kier molecular flexibility index (Phi) is 4.14. The number of halogens is 1. The summed E-state index contributed by atoms with van der Waals surface area (Å²) in [4.78, 5) is 4.69. The summed E-state index contributed by atoms with van der Waals surface area (Å²) in [6, 6.07) is 2.06. The van der Waals surface area contributed by atoms with E-state index >= 15 is 0 Å². The summed E-state index contributed by atoms with van der Waals surface area (Å²) < 4.78 is 5.18. The van der Waals surface area contributed by atoms with Crippen molar-refractivity contribution in [3.8, 4) is 5.75 Å². The molecule has 1 aromatic heterocycles. The van der Waals surface area contributed by atoms with Crippen molar-refractivity contribution in [2.24, 2.45) is 0 Å². The number of hydrogen-bond acceptors (Lipinski definition) is 2. The van der Waals surface area contributed by atoms with E-state index in [4.69, 9.17) is 4.74 Å². The fourth-order valence-electron chi connectivity index (χ4n) is 1.72. The second kappa shape index (κ2) is 4.97. The maximum absolute atomic E-state index is 5.18. The molecular formula is C12H18BrNO. The largest absolute Gasteiger partial charge is 0.495 e. The molecule has 2 nitrogen and oxygen atoms in total. The van der Waals surface area contributed by atoms with Gasteiger partial charge in [0.15, 0.2) is 0 Å². The average Bonchev–Trinajstić information content (AvgIpc) is 2.16. The highest BCUT2D eigenvalue weighted by molar-refractivity contribution is 9.09. The molecule has 1 aromatic rings. The summed E-state index contributed by atoms with van der Waals surface area (Å²) in [5, 5.41) is 0. The molecule has 0 aliphatic carbocycles. The Morgan fingerprint density at radius 1 is 1.47 bits per heavy atom. The minimum absolute atomic E-state index is 0.116. The van der Waals surface area contributed by atoms with Crippen molar-refractivity contribution in [2.75, 3.05) is 7.11 Å². The van der Waals surface area contributed by atoms with Gasteiger partial charge in [0.25, 0.3) is 0 Å². The van der Waals surface area contributed by atoms with E-state index in [9.17, 15) is 0 Å². The second-order valence-electron chi connectivity index (χ2n) is 4.48. The number of rotatable bonds is 4. The molecule has 0 N–H and O–H groups in total. The third-order valence-corrected chi connectivity index (χ3v) is 2.85. The van der Waals surface area contributed by atoms with E-state index in [0.717, 1.165) is 12.2 Å². The zero-order chi connectivity index (χ0) is 11.5. The van der Waals surface area contributed by atoms with Crippen molar-refractivity contribution in [3.05, 3.63) is 24.0 Å². The summed E-state index contributed by atoms with van der Waals surface area (Å²) in [5.41, 5.74) is 1.33. The quantitative estimate of drug-likeness (QED) is 0.782.